The summed E-state index contributed by atoms with van der Waals surface area (Å²) in [6.07, 6.45) is -2.75. The van der Waals surface area contributed by atoms with Crippen molar-refractivity contribution in [3.63, 3.8) is 0 Å². The molecule has 0 atom stereocenters. The molecule has 0 amide bonds. The first-order valence-corrected chi connectivity index (χ1v) is 10.5. The van der Waals surface area contributed by atoms with Crippen LogP contribution in [-0.2, 0) is 12.7 Å². The summed E-state index contributed by atoms with van der Waals surface area (Å²) in [5.41, 5.74) is 2.52. The lowest BCUT2D eigenvalue weighted by Crippen LogP contribution is -2.09. The average molecular weight is 460 g/mol. The van der Waals surface area contributed by atoms with Crippen molar-refractivity contribution in [2.75, 3.05) is 10.6 Å². The molecule has 5 aromatic rings. The molecule has 0 aliphatic heterocycles. The molecule has 170 valence electrons. The van der Waals surface area contributed by atoms with Crippen molar-refractivity contribution >= 4 is 28.6 Å². The SMILES string of the molecule is FC(F)(F)c1cccc(CNc2nc(Nc3ccccc3)nc3c2ncn3-c2ccccc2)c1. The highest BCUT2D eigenvalue weighted by Crippen LogP contribution is 2.30. The van der Waals surface area contributed by atoms with E-state index < -0.39 is 11.7 Å². The number of benzene rings is 3. The number of nitrogens with zero attached hydrogens (tertiary/aromatic N) is 4. The van der Waals surface area contributed by atoms with E-state index in [1.807, 2.05) is 65.2 Å². The van der Waals surface area contributed by atoms with Gasteiger partial charge >= 0.3 is 6.18 Å². The number of para-hydroxylation sites is 2. The molecule has 0 unspecified atom stereocenters. The number of aromatic nitrogens is 4. The van der Waals surface area contributed by atoms with Crippen molar-refractivity contribution in [2.24, 2.45) is 0 Å². The Bertz CT molecular complexity index is 1420. The number of anilines is 3. The molecule has 0 saturated heterocycles. The lowest BCUT2D eigenvalue weighted by Gasteiger charge is -2.12. The van der Waals surface area contributed by atoms with E-state index in [1.165, 1.54) is 6.07 Å². The highest BCUT2D eigenvalue weighted by molar-refractivity contribution is 5.86. The van der Waals surface area contributed by atoms with Crippen LogP contribution in [0.15, 0.2) is 91.3 Å². The van der Waals surface area contributed by atoms with E-state index in [2.05, 4.69) is 25.6 Å². The number of hydrogen-bond acceptors (Lipinski definition) is 5. The Morgan fingerprint density at radius 3 is 2.29 bits per heavy atom. The quantitative estimate of drug-likeness (QED) is 0.316. The van der Waals surface area contributed by atoms with Gasteiger partial charge in [0, 0.05) is 17.9 Å². The molecule has 3 aromatic carbocycles. The van der Waals surface area contributed by atoms with Crippen LogP contribution in [0.2, 0.25) is 0 Å². The number of rotatable bonds is 6. The monoisotopic (exact) mass is 460 g/mol. The molecule has 0 bridgehead atoms. The molecule has 6 nitrogen and oxygen atoms in total. The maximum absolute atomic E-state index is 13.1. The van der Waals surface area contributed by atoms with Crippen molar-refractivity contribution in [1.29, 1.82) is 0 Å². The molecular weight excluding hydrogens is 441 g/mol. The van der Waals surface area contributed by atoms with E-state index in [0.29, 0.717) is 28.5 Å². The molecule has 0 radical (unpaired) electrons. The molecule has 0 aliphatic rings. The molecular formula is C25H19F3N6. The zero-order valence-electron chi connectivity index (χ0n) is 17.8. The van der Waals surface area contributed by atoms with Crippen LogP contribution < -0.4 is 10.6 Å². The summed E-state index contributed by atoms with van der Waals surface area (Å²) in [6.45, 7) is 0.138. The van der Waals surface area contributed by atoms with Gasteiger partial charge in [-0.15, -0.1) is 0 Å². The fourth-order valence-corrected chi connectivity index (χ4v) is 3.55. The summed E-state index contributed by atoms with van der Waals surface area (Å²) in [4.78, 5) is 13.7. The summed E-state index contributed by atoms with van der Waals surface area (Å²) in [5.74, 6) is 0.749. The Hall–Kier alpha value is -4.40. The highest BCUT2D eigenvalue weighted by atomic mass is 19.4. The molecule has 0 aliphatic carbocycles. The van der Waals surface area contributed by atoms with E-state index in [4.69, 9.17) is 0 Å². The maximum Gasteiger partial charge on any atom is 0.416 e. The number of fused-ring (bicyclic) bond motifs is 1. The van der Waals surface area contributed by atoms with Crippen LogP contribution in [-0.4, -0.2) is 19.5 Å². The van der Waals surface area contributed by atoms with Crippen molar-refractivity contribution in [2.45, 2.75) is 12.7 Å². The highest BCUT2D eigenvalue weighted by Gasteiger charge is 2.30. The summed E-state index contributed by atoms with van der Waals surface area (Å²) in [7, 11) is 0. The fourth-order valence-electron chi connectivity index (χ4n) is 3.55. The Kier molecular flexibility index (Phi) is 5.59. The predicted molar refractivity (Wildman–Crippen MR) is 125 cm³/mol. The van der Waals surface area contributed by atoms with Gasteiger partial charge in [-0.05, 0) is 42.0 Å². The van der Waals surface area contributed by atoms with Crippen LogP contribution >= 0.6 is 0 Å². The Morgan fingerprint density at radius 2 is 1.56 bits per heavy atom. The zero-order valence-corrected chi connectivity index (χ0v) is 17.8. The average Bonchev–Trinajstić information content (AvgIpc) is 3.27. The lowest BCUT2D eigenvalue weighted by molar-refractivity contribution is -0.137. The van der Waals surface area contributed by atoms with Crippen molar-refractivity contribution in [3.8, 4) is 5.69 Å². The van der Waals surface area contributed by atoms with Crippen LogP contribution in [0.25, 0.3) is 16.9 Å². The van der Waals surface area contributed by atoms with Crippen molar-refractivity contribution in [1.82, 2.24) is 19.5 Å². The van der Waals surface area contributed by atoms with Crippen LogP contribution in [0.3, 0.4) is 0 Å². The van der Waals surface area contributed by atoms with Gasteiger partial charge in [-0.25, -0.2) is 4.98 Å². The normalized spacial score (nSPS) is 11.5. The maximum atomic E-state index is 13.1. The van der Waals surface area contributed by atoms with Gasteiger partial charge in [-0.3, -0.25) is 4.57 Å². The minimum atomic E-state index is -4.40. The third-order valence-electron chi connectivity index (χ3n) is 5.17. The van der Waals surface area contributed by atoms with Gasteiger partial charge in [-0.1, -0.05) is 48.5 Å². The summed E-state index contributed by atoms with van der Waals surface area (Å²) in [5, 5.41) is 6.32. The Labute approximate surface area is 193 Å². The smallest absolute Gasteiger partial charge is 0.364 e. The number of alkyl halides is 3. The van der Waals surface area contributed by atoms with E-state index in [-0.39, 0.29) is 6.54 Å². The molecule has 0 spiro atoms. The summed E-state index contributed by atoms with van der Waals surface area (Å²) in [6, 6.07) is 24.3. The number of nitrogens with one attached hydrogen (secondary N) is 2. The minimum Gasteiger partial charge on any atom is -0.364 e. The molecule has 2 N–H and O–H groups in total. The van der Waals surface area contributed by atoms with E-state index in [9.17, 15) is 13.2 Å². The predicted octanol–water partition coefficient (Wildman–Crippen LogP) is 6.19. The second-order valence-electron chi connectivity index (χ2n) is 7.56. The third-order valence-corrected chi connectivity index (χ3v) is 5.17. The first-order chi connectivity index (χ1) is 16.5. The zero-order chi connectivity index (χ0) is 23.5. The van der Waals surface area contributed by atoms with Gasteiger partial charge in [0.25, 0.3) is 0 Å². The molecule has 5 rings (SSSR count). The number of hydrogen-bond donors (Lipinski definition) is 2. The van der Waals surface area contributed by atoms with Crippen LogP contribution in [0, 0.1) is 0 Å². The van der Waals surface area contributed by atoms with E-state index >= 15 is 0 Å². The van der Waals surface area contributed by atoms with Gasteiger partial charge in [0.05, 0.1) is 5.56 Å². The molecule has 2 heterocycles. The summed E-state index contributed by atoms with van der Waals surface area (Å²) < 4.78 is 41.1. The number of halogens is 3. The lowest BCUT2D eigenvalue weighted by atomic mass is 10.1. The fraction of sp³-hybridized carbons (Fsp3) is 0.0800. The van der Waals surface area contributed by atoms with E-state index in [1.54, 1.807) is 12.4 Å². The first kappa shape index (κ1) is 21.4. The molecule has 9 heteroatoms. The molecule has 0 saturated carbocycles. The van der Waals surface area contributed by atoms with Gasteiger partial charge < -0.3 is 10.6 Å². The summed E-state index contributed by atoms with van der Waals surface area (Å²) >= 11 is 0. The first-order valence-electron chi connectivity index (χ1n) is 10.5. The topological polar surface area (TPSA) is 67.7 Å². The number of imidazole rings is 1. The minimum absolute atomic E-state index is 0.138. The molecule has 34 heavy (non-hydrogen) atoms. The third kappa shape index (κ3) is 4.54. The van der Waals surface area contributed by atoms with Crippen LogP contribution in [0.5, 0.6) is 0 Å². The van der Waals surface area contributed by atoms with Crippen LogP contribution in [0.4, 0.5) is 30.6 Å². The van der Waals surface area contributed by atoms with Gasteiger partial charge in [-0.2, -0.15) is 23.1 Å². The van der Waals surface area contributed by atoms with Gasteiger partial charge in [0.1, 0.15) is 6.33 Å². The molecule has 2 aromatic heterocycles. The second kappa shape index (κ2) is 8.86. The largest absolute Gasteiger partial charge is 0.416 e. The molecule has 0 fully saturated rings. The Balaban J connectivity index is 1.53. The standard InChI is InChI=1S/C25H19F3N6/c26-25(27,28)18-9-7-8-17(14-18)15-29-22-21-23(34(16-30-21)20-12-5-2-6-13-20)33-24(32-22)31-19-10-3-1-4-11-19/h1-14,16H,15H2,(H2,29,31,32,33). The second-order valence-corrected chi connectivity index (χ2v) is 7.56. The van der Waals surface area contributed by atoms with Gasteiger partial charge in [0.15, 0.2) is 17.0 Å². The van der Waals surface area contributed by atoms with Crippen molar-refractivity contribution < 1.29 is 13.2 Å². The van der Waals surface area contributed by atoms with E-state index in [0.717, 1.165) is 23.5 Å². The van der Waals surface area contributed by atoms with Crippen molar-refractivity contribution in [3.05, 3.63) is 102 Å². The Morgan fingerprint density at radius 1 is 0.824 bits per heavy atom. The van der Waals surface area contributed by atoms with Gasteiger partial charge in [0.2, 0.25) is 5.95 Å². The van der Waals surface area contributed by atoms with Crippen LogP contribution in [0.1, 0.15) is 11.1 Å².